The molecule has 0 atom stereocenters. The van der Waals surface area contributed by atoms with Gasteiger partial charge in [-0.25, -0.2) is 4.68 Å². The fourth-order valence-electron chi connectivity index (χ4n) is 2.71. The summed E-state index contributed by atoms with van der Waals surface area (Å²) in [6.45, 7) is 0. The highest BCUT2D eigenvalue weighted by Gasteiger charge is 2.16. The normalized spacial score (nSPS) is 11.8. The van der Waals surface area contributed by atoms with Gasteiger partial charge in [-0.3, -0.25) is 4.99 Å². The third-order valence-corrected chi connectivity index (χ3v) is 4.99. The Morgan fingerprint density at radius 3 is 2.29 bits per heavy atom. The molecule has 0 spiro atoms. The molecular formula is C20H21N3O4S. The first kappa shape index (κ1) is 19.5. The molecule has 0 bridgehead atoms. The van der Waals surface area contributed by atoms with E-state index in [0.717, 1.165) is 11.3 Å². The van der Waals surface area contributed by atoms with E-state index in [2.05, 4.69) is 10.1 Å². The van der Waals surface area contributed by atoms with Crippen molar-refractivity contribution in [2.45, 2.75) is 0 Å². The average molecular weight is 399 g/mol. The third kappa shape index (κ3) is 3.72. The van der Waals surface area contributed by atoms with Crippen LogP contribution in [0.3, 0.4) is 0 Å². The summed E-state index contributed by atoms with van der Waals surface area (Å²) in [5.74, 6) is 1.78. The van der Waals surface area contributed by atoms with Gasteiger partial charge in [-0.2, -0.15) is 5.10 Å². The lowest BCUT2D eigenvalue weighted by Gasteiger charge is -2.14. The van der Waals surface area contributed by atoms with Crippen LogP contribution in [0.1, 0.15) is 5.56 Å². The van der Waals surface area contributed by atoms with Gasteiger partial charge in [0.15, 0.2) is 11.5 Å². The molecule has 7 nitrogen and oxygen atoms in total. The van der Waals surface area contributed by atoms with E-state index in [1.54, 1.807) is 57.5 Å². The number of hydrogen-bond acceptors (Lipinski definition) is 7. The van der Waals surface area contributed by atoms with Gasteiger partial charge in [-0.1, -0.05) is 12.1 Å². The lowest BCUT2D eigenvalue weighted by atomic mass is 10.1. The van der Waals surface area contributed by atoms with Gasteiger partial charge in [0, 0.05) is 23.6 Å². The van der Waals surface area contributed by atoms with Crippen molar-refractivity contribution in [3.05, 3.63) is 52.1 Å². The molecule has 0 saturated carbocycles. The van der Waals surface area contributed by atoms with Crippen LogP contribution in [-0.2, 0) is 0 Å². The second-order valence-corrected chi connectivity index (χ2v) is 6.49. The minimum Gasteiger partial charge on any atom is -0.507 e. The second kappa shape index (κ2) is 8.62. The van der Waals surface area contributed by atoms with E-state index >= 15 is 0 Å². The number of aromatic nitrogens is 1. The van der Waals surface area contributed by atoms with E-state index in [4.69, 9.17) is 14.2 Å². The Labute approximate surface area is 166 Å². The van der Waals surface area contributed by atoms with Crippen LogP contribution in [0.4, 0.5) is 0 Å². The minimum absolute atomic E-state index is 0.159. The Morgan fingerprint density at radius 2 is 1.71 bits per heavy atom. The van der Waals surface area contributed by atoms with Crippen LogP contribution in [0.5, 0.6) is 23.0 Å². The number of phenols is 1. The van der Waals surface area contributed by atoms with Gasteiger partial charge in [0.1, 0.15) is 5.75 Å². The van der Waals surface area contributed by atoms with Gasteiger partial charge in [0.05, 0.1) is 33.2 Å². The molecule has 3 aromatic rings. The standard InChI is InChI=1S/C20H21N3O4S/c1-21-20-23(22-11-13-7-5-6-8-16(13)24)15(12-28-20)14-9-17(25-2)19(27-4)18(10-14)26-3/h5-12,24H,1-4H3. The van der Waals surface area contributed by atoms with Crippen molar-refractivity contribution < 1.29 is 19.3 Å². The zero-order valence-electron chi connectivity index (χ0n) is 16.0. The van der Waals surface area contributed by atoms with Crippen LogP contribution < -0.4 is 19.0 Å². The summed E-state index contributed by atoms with van der Waals surface area (Å²) in [5, 5.41) is 16.5. The quantitative estimate of drug-likeness (QED) is 0.645. The highest BCUT2D eigenvalue weighted by molar-refractivity contribution is 7.07. The first-order valence-corrected chi connectivity index (χ1v) is 9.27. The van der Waals surface area contributed by atoms with E-state index in [0.29, 0.717) is 27.6 Å². The fourth-order valence-corrected chi connectivity index (χ4v) is 3.51. The second-order valence-electron chi connectivity index (χ2n) is 5.66. The number of rotatable bonds is 6. The van der Waals surface area contributed by atoms with Crippen molar-refractivity contribution in [2.24, 2.45) is 10.1 Å². The molecule has 3 rings (SSSR count). The van der Waals surface area contributed by atoms with Crippen molar-refractivity contribution in [3.63, 3.8) is 0 Å². The number of phenolic OH excluding ortho intramolecular Hbond substituents is 1. The fraction of sp³-hybridized carbons (Fsp3) is 0.200. The van der Waals surface area contributed by atoms with Gasteiger partial charge < -0.3 is 19.3 Å². The van der Waals surface area contributed by atoms with Crippen molar-refractivity contribution >= 4 is 17.6 Å². The Hall–Kier alpha value is -3.26. The Kier molecular flexibility index (Phi) is 6.00. The molecule has 0 aliphatic carbocycles. The summed E-state index contributed by atoms with van der Waals surface area (Å²) in [6.07, 6.45) is 1.60. The van der Waals surface area contributed by atoms with Crippen molar-refractivity contribution in [3.8, 4) is 34.3 Å². The van der Waals surface area contributed by atoms with Crippen LogP contribution in [0, 0.1) is 0 Å². The van der Waals surface area contributed by atoms with Crippen molar-refractivity contribution in [1.29, 1.82) is 0 Å². The number of para-hydroxylation sites is 1. The Bertz CT molecular complexity index is 1040. The zero-order valence-corrected chi connectivity index (χ0v) is 16.9. The molecule has 0 unspecified atom stereocenters. The number of thiazole rings is 1. The summed E-state index contributed by atoms with van der Waals surface area (Å²) in [5.41, 5.74) is 2.24. The van der Waals surface area contributed by atoms with Gasteiger partial charge in [0.25, 0.3) is 0 Å². The molecule has 0 radical (unpaired) electrons. The van der Waals surface area contributed by atoms with Gasteiger partial charge >= 0.3 is 0 Å². The minimum atomic E-state index is 0.159. The summed E-state index contributed by atoms with van der Waals surface area (Å²) in [6, 6.07) is 10.7. The SMILES string of the molecule is CN=c1scc(-c2cc(OC)c(OC)c(OC)c2)n1N=Cc1ccccc1O. The molecule has 0 amide bonds. The lowest BCUT2D eigenvalue weighted by Crippen LogP contribution is -2.11. The molecule has 0 fully saturated rings. The van der Waals surface area contributed by atoms with Crippen LogP contribution in [0.2, 0.25) is 0 Å². The first-order chi connectivity index (χ1) is 13.6. The molecule has 1 aromatic heterocycles. The first-order valence-electron chi connectivity index (χ1n) is 8.39. The summed E-state index contributed by atoms with van der Waals surface area (Å²) in [7, 11) is 6.42. The maximum Gasteiger partial charge on any atom is 0.205 e. The number of ether oxygens (including phenoxy) is 3. The van der Waals surface area contributed by atoms with Gasteiger partial charge in [-0.15, -0.1) is 11.3 Å². The smallest absolute Gasteiger partial charge is 0.205 e. The monoisotopic (exact) mass is 399 g/mol. The summed E-state index contributed by atoms with van der Waals surface area (Å²) >= 11 is 1.45. The number of nitrogens with zero attached hydrogens (tertiary/aromatic N) is 3. The molecule has 28 heavy (non-hydrogen) atoms. The molecule has 0 aliphatic rings. The predicted octanol–water partition coefficient (Wildman–Crippen LogP) is 3.36. The van der Waals surface area contributed by atoms with E-state index in [9.17, 15) is 5.11 Å². The topological polar surface area (TPSA) is 77.6 Å². The molecule has 0 saturated heterocycles. The molecule has 2 aromatic carbocycles. The van der Waals surface area contributed by atoms with Crippen LogP contribution in [0.25, 0.3) is 11.3 Å². The third-order valence-electron chi connectivity index (χ3n) is 4.09. The molecule has 1 heterocycles. The average Bonchev–Trinajstić information content (AvgIpc) is 3.14. The Balaban J connectivity index is 2.15. The zero-order chi connectivity index (χ0) is 20.1. The summed E-state index contributed by atoms with van der Waals surface area (Å²) < 4.78 is 18.0. The van der Waals surface area contributed by atoms with Gasteiger partial charge in [-0.05, 0) is 24.3 Å². The number of hydrogen-bond donors (Lipinski definition) is 1. The van der Waals surface area contributed by atoms with Crippen molar-refractivity contribution in [1.82, 2.24) is 4.68 Å². The van der Waals surface area contributed by atoms with Crippen LogP contribution in [0.15, 0.2) is 51.9 Å². The van der Waals surface area contributed by atoms with Crippen LogP contribution >= 0.6 is 11.3 Å². The highest BCUT2D eigenvalue weighted by Crippen LogP contribution is 2.41. The Morgan fingerprint density at radius 1 is 1.04 bits per heavy atom. The van der Waals surface area contributed by atoms with E-state index in [-0.39, 0.29) is 5.75 Å². The van der Waals surface area contributed by atoms with Gasteiger partial charge in [0.2, 0.25) is 10.6 Å². The highest BCUT2D eigenvalue weighted by atomic mass is 32.1. The van der Waals surface area contributed by atoms with Crippen molar-refractivity contribution in [2.75, 3.05) is 28.4 Å². The molecule has 146 valence electrons. The van der Waals surface area contributed by atoms with E-state index < -0.39 is 0 Å². The molecule has 1 N–H and O–H groups in total. The number of benzene rings is 2. The predicted molar refractivity (Wildman–Crippen MR) is 110 cm³/mol. The molecule has 8 heteroatoms. The maximum absolute atomic E-state index is 9.98. The molecular weight excluding hydrogens is 378 g/mol. The number of aromatic hydroxyl groups is 1. The maximum atomic E-state index is 9.98. The summed E-state index contributed by atoms with van der Waals surface area (Å²) in [4.78, 5) is 4.99. The lowest BCUT2D eigenvalue weighted by molar-refractivity contribution is 0.324. The largest absolute Gasteiger partial charge is 0.507 e. The van der Waals surface area contributed by atoms with E-state index in [1.807, 2.05) is 23.6 Å². The molecule has 0 aliphatic heterocycles. The van der Waals surface area contributed by atoms with E-state index in [1.165, 1.54) is 11.3 Å². The number of methoxy groups -OCH3 is 3. The van der Waals surface area contributed by atoms with Crippen LogP contribution in [-0.4, -0.2) is 44.4 Å².